The summed E-state index contributed by atoms with van der Waals surface area (Å²) in [5, 5.41) is 9.10. The Morgan fingerprint density at radius 2 is 2.40 bits per heavy atom. The van der Waals surface area contributed by atoms with E-state index in [0.29, 0.717) is 0 Å². The zero-order valence-electron chi connectivity index (χ0n) is 2.38. The van der Waals surface area contributed by atoms with Crippen molar-refractivity contribution < 1.29 is 14.2 Å². The van der Waals surface area contributed by atoms with E-state index in [1.165, 1.54) is 0 Å². The van der Waals surface area contributed by atoms with Crippen molar-refractivity contribution in [1.82, 2.24) is 0 Å². The molecule has 1 radical (unpaired) electrons. The van der Waals surface area contributed by atoms with Gasteiger partial charge in [-0.15, -0.1) is 0 Å². The standard InChI is InChI=1S/CH2O3P/c2-1-4-5-3/h1H2. The molecule has 0 N–H and O–H groups in total. The monoisotopic (exact) mass is 93.0 g/mol. The molecule has 0 bridgehead atoms. The predicted octanol–water partition coefficient (Wildman–Crippen LogP) is 0.598. The molecule has 0 heterocycles. The maximum Gasteiger partial charge on any atom is 0.329 e. The van der Waals surface area contributed by atoms with Gasteiger partial charge in [-0.3, -0.25) is 4.52 Å². The van der Waals surface area contributed by atoms with Gasteiger partial charge in [0.2, 0.25) is 0 Å². The summed E-state index contributed by atoms with van der Waals surface area (Å²) < 4.78 is 12.8. The van der Waals surface area contributed by atoms with Crippen LogP contribution in [0, 0.1) is 0 Å². The third-order valence-corrected chi connectivity index (χ3v) is 0.316. The van der Waals surface area contributed by atoms with E-state index in [1.54, 1.807) is 0 Å². The van der Waals surface area contributed by atoms with E-state index < -0.39 is 15.5 Å². The van der Waals surface area contributed by atoms with Crippen LogP contribution in [0.4, 0.5) is 0 Å². The molecule has 0 aliphatic carbocycles. The summed E-state index contributed by atoms with van der Waals surface area (Å²) in [6.45, 7) is -0.731. The summed E-state index contributed by atoms with van der Waals surface area (Å²) >= 11 is 0. The fraction of sp³-hybridized carbons (Fsp3) is 1.00. The van der Waals surface area contributed by atoms with E-state index in [2.05, 4.69) is 4.52 Å². The molecule has 29 valence electrons. The molecular formula is CH2O3P. The van der Waals surface area contributed by atoms with E-state index in [4.69, 9.17) is 9.67 Å². The van der Waals surface area contributed by atoms with Crippen molar-refractivity contribution >= 4 is 8.69 Å². The molecule has 0 atom stereocenters. The zero-order valence-corrected chi connectivity index (χ0v) is 3.27. The Hall–Kier alpha value is 0.0200. The van der Waals surface area contributed by atoms with Crippen molar-refractivity contribution in [2.45, 2.75) is 0 Å². The molecule has 0 unspecified atom stereocenters. The summed E-state index contributed by atoms with van der Waals surface area (Å²) in [5.74, 6) is 0. The molecule has 0 fully saturated rings. The Morgan fingerprint density at radius 1 is 1.80 bits per heavy atom. The van der Waals surface area contributed by atoms with Crippen LogP contribution in [-0.2, 0) is 14.2 Å². The predicted molar refractivity (Wildman–Crippen MR) is 14.2 cm³/mol. The molecule has 0 amide bonds. The minimum atomic E-state index is -0.731. The molecular weight excluding hydrogens is 91.0 g/mol. The van der Waals surface area contributed by atoms with E-state index >= 15 is 0 Å². The first kappa shape index (κ1) is 5.02. The summed E-state index contributed by atoms with van der Waals surface area (Å²) in [5.41, 5.74) is 0. The van der Waals surface area contributed by atoms with Gasteiger partial charge in [-0.25, -0.2) is 9.67 Å². The van der Waals surface area contributed by atoms with Gasteiger partial charge in [0.1, 0.15) is 0 Å². The molecule has 5 heavy (non-hydrogen) atoms. The van der Waals surface area contributed by atoms with Crippen molar-refractivity contribution in [3.05, 3.63) is 0 Å². The molecule has 0 aromatic carbocycles. The highest BCUT2D eigenvalue weighted by atomic mass is 31.1. The van der Waals surface area contributed by atoms with Crippen LogP contribution in [0.3, 0.4) is 0 Å². The van der Waals surface area contributed by atoms with Gasteiger partial charge >= 0.3 is 8.69 Å². The van der Waals surface area contributed by atoms with Crippen LogP contribution in [0.5, 0.6) is 0 Å². The third-order valence-electron chi connectivity index (χ3n) is 0.105. The summed E-state index contributed by atoms with van der Waals surface area (Å²) in [6, 6.07) is 0. The quantitative estimate of drug-likeness (QED) is 0.370. The minimum Gasteiger partial charge on any atom is -0.263 e. The fourth-order valence-electron chi connectivity index (χ4n) is 0.0215. The van der Waals surface area contributed by atoms with Gasteiger partial charge in [0.15, 0.2) is 6.79 Å². The van der Waals surface area contributed by atoms with Gasteiger partial charge in [-0.2, -0.15) is 0 Å². The molecule has 0 aromatic heterocycles. The van der Waals surface area contributed by atoms with Crippen molar-refractivity contribution in [3.8, 4) is 0 Å². The normalized spacial score (nSPS) is 9.00. The van der Waals surface area contributed by atoms with Crippen LogP contribution in [0.1, 0.15) is 0 Å². The zero-order chi connectivity index (χ0) is 4.12. The van der Waals surface area contributed by atoms with Crippen LogP contribution in [-0.4, -0.2) is 6.79 Å². The molecule has 4 heteroatoms. The van der Waals surface area contributed by atoms with Gasteiger partial charge in [0.25, 0.3) is 0 Å². The molecule has 3 nitrogen and oxygen atoms in total. The van der Waals surface area contributed by atoms with Gasteiger partial charge in [-0.05, 0) is 0 Å². The fourth-order valence-corrected chi connectivity index (χ4v) is 0.0645. The van der Waals surface area contributed by atoms with Crippen LogP contribution in [0.25, 0.3) is 0 Å². The van der Waals surface area contributed by atoms with Crippen LogP contribution in [0.2, 0.25) is 0 Å². The largest absolute Gasteiger partial charge is 0.329 e. The number of hydrogen-bond acceptors (Lipinski definition) is 2. The smallest absolute Gasteiger partial charge is 0.263 e. The molecule has 0 aromatic rings. The van der Waals surface area contributed by atoms with E-state index in [9.17, 15) is 0 Å². The molecule has 0 aliphatic rings. The Labute approximate surface area is 30.9 Å². The lowest BCUT2D eigenvalue weighted by Crippen LogP contribution is -1.69. The van der Waals surface area contributed by atoms with Crippen LogP contribution in [0.15, 0.2) is 0 Å². The first-order chi connectivity index (χ1) is 2.41. The van der Waals surface area contributed by atoms with Crippen molar-refractivity contribution in [2.24, 2.45) is 0 Å². The molecule has 0 aliphatic heterocycles. The minimum absolute atomic E-state index is 0.533. The Morgan fingerprint density at radius 3 is 2.40 bits per heavy atom. The molecule has 0 spiro atoms. The van der Waals surface area contributed by atoms with Gasteiger partial charge < -0.3 is 0 Å². The van der Waals surface area contributed by atoms with Gasteiger partial charge in [0, 0.05) is 0 Å². The second-order valence-electron chi connectivity index (χ2n) is 0.321. The molecule has 0 rings (SSSR count). The topological polar surface area (TPSA) is 46.2 Å². The highest BCUT2D eigenvalue weighted by molar-refractivity contribution is 7.17. The third kappa shape index (κ3) is 4.02. The van der Waals surface area contributed by atoms with Crippen molar-refractivity contribution in [2.75, 3.05) is 6.79 Å². The van der Waals surface area contributed by atoms with Crippen molar-refractivity contribution in [1.29, 1.82) is 0 Å². The first-order valence-electron chi connectivity index (χ1n) is 0.942. The average Bonchev–Trinajstić information content (AvgIpc) is 1.41. The lowest BCUT2D eigenvalue weighted by molar-refractivity contribution is 0.0474. The lowest BCUT2D eigenvalue weighted by atomic mass is 11.6. The maximum atomic E-state index is 9.10. The van der Waals surface area contributed by atoms with Crippen molar-refractivity contribution in [3.63, 3.8) is 0 Å². The second kappa shape index (κ2) is 4.02. The van der Waals surface area contributed by atoms with Crippen LogP contribution >= 0.6 is 8.69 Å². The summed E-state index contributed by atoms with van der Waals surface area (Å²) in [6.07, 6.45) is 0. The van der Waals surface area contributed by atoms with E-state index in [0.717, 1.165) is 0 Å². The SMILES string of the molecule is [O]COP=O. The maximum absolute atomic E-state index is 9.10. The molecule has 0 saturated heterocycles. The lowest BCUT2D eigenvalue weighted by Gasteiger charge is -1.69. The Bertz CT molecular complexity index is 28.1. The number of rotatable bonds is 2. The second-order valence-corrected chi connectivity index (χ2v) is 0.729. The number of hydrogen-bond donors (Lipinski definition) is 0. The van der Waals surface area contributed by atoms with Gasteiger partial charge in [-0.1, -0.05) is 0 Å². The Balaban J connectivity index is 2.40. The average molecular weight is 93.0 g/mol. The molecule has 0 saturated carbocycles. The Kier molecular flexibility index (Phi) is 4.04. The first-order valence-corrected chi connectivity index (χ1v) is 1.67. The van der Waals surface area contributed by atoms with Gasteiger partial charge in [0.05, 0.1) is 0 Å². The summed E-state index contributed by atoms with van der Waals surface area (Å²) in [4.78, 5) is 0. The van der Waals surface area contributed by atoms with E-state index in [1.807, 2.05) is 0 Å². The van der Waals surface area contributed by atoms with Crippen LogP contribution < -0.4 is 0 Å². The van der Waals surface area contributed by atoms with E-state index in [-0.39, 0.29) is 0 Å². The highest BCUT2D eigenvalue weighted by Crippen LogP contribution is 1.88. The highest BCUT2D eigenvalue weighted by Gasteiger charge is 1.69. The summed E-state index contributed by atoms with van der Waals surface area (Å²) in [7, 11) is -0.533.